The molecule has 0 fully saturated rings. The third-order valence-electron chi connectivity index (χ3n) is 1.89. The lowest BCUT2D eigenvalue weighted by Crippen LogP contribution is -2.32. The maximum atomic E-state index is 8.86. The Morgan fingerprint density at radius 2 is 2.15 bits per heavy atom. The smallest absolute Gasteiger partial charge is 0.422 e. The van der Waals surface area contributed by atoms with E-state index >= 15 is 0 Å². The fraction of sp³-hybridized carbons (Fsp3) is 0.143. The topological polar surface area (TPSA) is 71.2 Å². The van der Waals surface area contributed by atoms with Crippen molar-refractivity contribution >= 4 is 23.7 Å². The molecular formula is C7H8BN3O2. The summed E-state index contributed by atoms with van der Waals surface area (Å²) >= 11 is 0. The first-order valence-electron chi connectivity index (χ1n) is 3.83. The van der Waals surface area contributed by atoms with Crippen LogP contribution in [0.5, 0.6) is 0 Å². The molecule has 0 aliphatic carbocycles. The van der Waals surface area contributed by atoms with Gasteiger partial charge in [0.15, 0.2) is 0 Å². The molecule has 2 N–H and O–H groups in total. The number of hydrogen-bond acceptors (Lipinski definition) is 4. The van der Waals surface area contributed by atoms with E-state index in [0.717, 1.165) is 5.52 Å². The summed E-state index contributed by atoms with van der Waals surface area (Å²) in [5.41, 5.74) is 1.76. The van der Waals surface area contributed by atoms with Gasteiger partial charge in [0, 0.05) is 7.05 Å². The highest BCUT2D eigenvalue weighted by Gasteiger charge is 2.13. The second kappa shape index (κ2) is 2.83. The van der Waals surface area contributed by atoms with Crippen LogP contribution in [0.15, 0.2) is 18.3 Å². The minimum atomic E-state index is -1.52. The van der Waals surface area contributed by atoms with Gasteiger partial charge in [0.25, 0.3) is 0 Å². The highest BCUT2D eigenvalue weighted by molar-refractivity contribution is 6.57. The van der Waals surface area contributed by atoms with E-state index in [1.807, 2.05) is 0 Å². The zero-order chi connectivity index (χ0) is 9.42. The van der Waals surface area contributed by atoms with Crippen molar-refractivity contribution in [1.29, 1.82) is 0 Å². The van der Waals surface area contributed by atoms with Crippen molar-refractivity contribution in [2.45, 2.75) is 0 Å². The molecule has 2 heterocycles. The fourth-order valence-electron chi connectivity index (χ4n) is 1.20. The molecule has 0 aromatic carbocycles. The first kappa shape index (κ1) is 8.21. The summed E-state index contributed by atoms with van der Waals surface area (Å²) in [6, 6.07) is 3.32. The molecule has 13 heavy (non-hydrogen) atoms. The van der Waals surface area contributed by atoms with Crippen LogP contribution >= 0.6 is 0 Å². The number of pyridine rings is 1. The molecule has 66 valence electrons. The summed E-state index contributed by atoms with van der Waals surface area (Å²) in [5.74, 6) is 0. The van der Waals surface area contributed by atoms with Gasteiger partial charge in [-0.15, -0.1) is 0 Å². The number of aromatic nitrogens is 3. The third kappa shape index (κ3) is 1.30. The summed E-state index contributed by atoms with van der Waals surface area (Å²) in [4.78, 5) is 4.01. The summed E-state index contributed by atoms with van der Waals surface area (Å²) in [7, 11) is 0.281. The van der Waals surface area contributed by atoms with Gasteiger partial charge in [-0.1, -0.05) is 0 Å². The van der Waals surface area contributed by atoms with Gasteiger partial charge < -0.3 is 10.0 Å². The minimum absolute atomic E-state index is 0.237. The van der Waals surface area contributed by atoms with Gasteiger partial charge in [-0.2, -0.15) is 5.10 Å². The second-order valence-electron chi connectivity index (χ2n) is 2.78. The molecule has 2 rings (SSSR count). The zero-order valence-electron chi connectivity index (χ0n) is 7.05. The molecule has 0 radical (unpaired) electrons. The van der Waals surface area contributed by atoms with Gasteiger partial charge in [0.1, 0.15) is 5.52 Å². The van der Waals surface area contributed by atoms with E-state index in [1.54, 1.807) is 30.1 Å². The van der Waals surface area contributed by atoms with Gasteiger partial charge in [0.2, 0.25) is 0 Å². The highest BCUT2D eigenvalue weighted by atomic mass is 16.4. The van der Waals surface area contributed by atoms with Gasteiger partial charge in [-0.25, -0.2) is 0 Å². The molecule has 0 atom stereocenters. The number of nitrogens with zero attached hydrogens (tertiary/aromatic N) is 3. The third-order valence-corrected chi connectivity index (χ3v) is 1.89. The fourth-order valence-corrected chi connectivity index (χ4v) is 1.20. The maximum Gasteiger partial charge on any atom is 0.508 e. The van der Waals surface area contributed by atoms with E-state index in [1.165, 1.54) is 0 Å². The van der Waals surface area contributed by atoms with Crippen LogP contribution in [0.2, 0.25) is 0 Å². The van der Waals surface area contributed by atoms with Crippen LogP contribution in [0.1, 0.15) is 0 Å². The van der Waals surface area contributed by atoms with E-state index < -0.39 is 7.12 Å². The van der Waals surface area contributed by atoms with Crippen molar-refractivity contribution < 1.29 is 10.0 Å². The lowest BCUT2D eigenvalue weighted by molar-refractivity contribution is 0.424. The predicted octanol–water partition coefficient (Wildman–Crippen LogP) is -1.35. The summed E-state index contributed by atoms with van der Waals surface area (Å²) < 4.78 is 1.68. The van der Waals surface area contributed by atoms with Gasteiger partial charge in [0.05, 0.1) is 17.3 Å². The molecular weight excluding hydrogens is 169 g/mol. The van der Waals surface area contributed by atoms with E-state index in [0.29, 0.717) is 5.52 Å². The number of rotatable bonds is 1. The summed E-state index contributed by atoms with van der Waals surface area (Å²) in [6.07, 6.45) is 1.58. The monoisotopic (exact) mass is 177 g/mol. The minimum Gasteiger partial charge on any atom is -0.422 e. The van der Waals surface area contributed by atoms with Crippen molar-refractivity contribution in [2.24, 2.45) is 7.05 Å². The Hall–Kier alpha value is -1.40. The number of aryl methyl sites for hydroxylation is 1. The molecule has 0 unspecified atom stereocenters. The Labute approximate surface area is 74.8 Å². The van der Waals surface area contributed by atoms with Crippen LogP contribution < -0.4 is 5.59 Å². The molecule has 0 spiro atoms. The Kier molecular flexibility index (Phi) is 1.79. The Morgan fingerprint density at radius 3 is 2.85 bits per heavy atom. The lowest BCUT2D eigenvalue weighted by Gasteiger charge is -1.98. The van der Waals surface area contributed by atoms with Crippen molar-refractivity contribution in [2.75, 3.05) is 0 Å². The van der Waals surface area contributed by atoms with Crippen LogP contribution in [0, 0.1) is 0 Å². The average Bonchev–Trinajstić information content (AvgIpc) is 2.47. The van der Waals surface area contributed by atoms with Crippen molar-refractivity contribution in [3.8, 4) is 0 Å². The van der Waals surface area contributed by atoms with E-state index in [2.05, 4.69) is 10.1 Å². The lowest BCUT2D eigenvalue weighted by atomic mass is 9.86. The van der Waals surface area contributed by atoms with Gasteiger partial charge in [-0.05, 0) is 12.1 Å². The molecule has 0 amide bonds. The first-order valence-corrected chi connectivity index (χ1v) is 3.83. The molecule has 5 nitrogen and oxygen atoms in total. The molecule has 2 aromatic heterocycles. The standard InChI is InChI=1S/C7H8BN3O2/c1-11-6-2-3-7(8(12)13)10-5(6)4-9-11/h2-4,12-13H,1H3. The number of hydrogen-bond donors (Lipinski definition) is 2. The van der Waals surface area contributed by atoms with Crippen LogP contribution in [0.4, 0.5) is 0 Å². The van der Waals surface area contributed by atoms with E-state index in [9.17, 15) is 0 Å². The molecule has 0 aliphatic heterocycles. The molecule has 0 saturated heterocycles. The largest absolute Gasteiger partial charge is 0.508 e. The molecule has 2 aromatic rings. The normalized spacial score (nSPS) is 10.7. The van der Waals surface area contributed by atoms with Crippen LogP contribution in [-0.4, -0.2) is 31.9 Å². The maximum absolute atomic E-state index is 8.86. The quantitative estimate of drug-likeness (QED) is 0.528. The SMILES string of the molecule is Cn1ncc2nc(B(O)O)ccc21. The second-order valence-corrected chi connectivity index (χ2v) is 2.78. The van der Waals surface area contributed by atoms with Crippen molar-refractivity contribution in [1.82, 2.24) is 14.8 Å². The molecule has 0 bridgehead atoms. The van der Waals surface area contributed by atoms with Crippen LogP contribution in [-0.2, 0) is 7.05 Å². The zero-order valence-corrected chi connectivity index (χ0v) is 7.05. The van der Waals surface area contributed by atoms with E-state index in [4.69, 9.17) is 10.0 Å². The molecule has 0 aliphatic rings. The van der Waals surface area contributed by atoms with Crippen LogP contribution in [0.25, 0.3) is 11.0 Å². The van der Waals surface area contributed by atoms with Crippen molar-refractivity contribution in [3.63, 3.8) is 0 Å². The number of fused-ring (bicyclic) bond motifs is 1. The Balaban J connectivity index is 2.63. The average molecular weight is 177 g/mol. The highest BCUT2D eigenvalue weighted by Crippen LogP contribution is 2.06. The van der Waals surface area contributed by atoms with Crippen LogP contribution in [0.3, 0.4) is 0 Å². The van der Waals surface area contributed by atoms with Gasteiger partial charge in [-0.3, -0.25) is 9.67 Å². The summed E-state index contributed by atoms with van der Waals surface area (Å²) in [5, 5.41) is 21.7. The Morgan fingerprint density at radius 1 is 1.38 bits per heavy atom. The Bertz CT molecular complexity index is 440. The summed E-state index contributed by atoms with van der Waals surface area (Å²) in [6.45, 7) is 0. The predicted molar refractivity (Wildman–Crippen MR) is 48.3 cm³/mol. The molecule has 6 heteroatoms. The van der Waals surface area contributed by atoms with E-state index in [-0.39, 0.29) is 5.59 Å². The van der Waals surface area contributed by atoms with Crippen molar-refractivity contribution in [3.05, 3.63) is 18.3 Å². The molecule has 0 saturated carbocycles. The van der Waals surface area contributed by atoms with Gasteiger partial charge >= 0.3 is 7.12 Å². The first-order chi connectivity index (χ1) is 6.18.